The van der Waals surface area contributed by atoms with E-state index in [1.165, 1.54) is 5.01 Å². The van der Waals surface area contributed by atoms with Gasteiger partial charge in [-0.25, -0.2) is 10.0 Å². The Morgan fingerprint density at radius 1 is 1.24 bits per heavy atom. The van der Waals surface area contributed by atoms with Gasteiger partial charge in [0.1, 0.15) is 18.7 Å². The minimum atomic E-state index is -0.611. The summed E-state index contributed by atoms with van der Waals surface area (Å²) in [6.45, 7) is 0. The van der Waals surface area contributed by atoms with Gasteiger partial charge in [-0.1, -0.05) is 25.0 Å². The fraction of sp³-hybridized carbons (Fsp3) is 0.583. The predicted molar refractivity (Wildman–Crippen MR) is 58.5 cm³/mol. The molecule has 0 aromatic heterocycles. The molecule has 1 unspecified atom stereocenters. The molecule has 2 heterocycles. The highest BCUT2D eigenvalue weighted by atomic mass is 16.2. The first-order valence-electron chi connectivity index (χ1n) is 5.98. The second-order valence-electron chi connectivity index (χ2n) is 4.92. The fourth-order valence-corrected chi connectivity index (χ4v) is 3.18. The van der Waals surface area contributed by atoms with Crippen LogP contribution in [0, 0.1) is 0 Å². The van der Waals surface area contributed by atoms with Gasteiger partial charge in [-0.2, -0.15) is 0 Å². The van der Waals surface area contributed by atoms with Crippen LogP contribution in [0.3, 0.4) is 0 Å². The van der Waals surface area contributed by atoms with Gasteiger partial charge in [0.15, 0.2) is 0 Å². The van der Waals surface area contributed by atoms with Crippen LogP contribution in [0.4, 0.5) is 0 Å². The molecule has 0 aromatic rings. The summed E-state index contributed by atoms with van der Waals surface area (Å²) in [7, 11) is 0. The van der Waals surface area contributed by atoms with E-state index in [0.717, 1.165) is 25.7 Å². The molecule has 2 fully saturated rings. The number of nitrogens with zero attached hydrogens (tertiary/aromatic N) is 2. The Morgan fingerprint density at radius 3 is 2.59 bits per heavy atom. The average Bonchev–Trinajstić information content (AvgIpc) is 2.87. The maximum absolute atomic E-state index is 12.0. The molecule has 1 spiro atoms. The SMILES string of the molecule is O=CC1C=CC2(CCCC2)N2C(=O)CC(=O)N12. The monoisotopic (exact) mass is 234 g/mol. The molecule has 1 saturated heterocycles. The number of fused-ring (bicyclic) bond motifs is 2. The van der Waals surface area contributed by atoms with Crippen molar-refractivity contribution in [1.82, 2.24) is 10.0 Å². The third-order valence-corrected chi connectivity index (χ3v) is 3.93. The summed E-state index contributed by atoms with van der Waals surface area (Å²) in [6, 6.07) is -0.611. The minimum Gasteiger partial charge on any atom is -0.301 e. The zero-order valence-electron chi connectivity index (χ0n) is 9.46. The number of rotatable bonds is 1. The Kier molecular flexibility index (Phi) is 2.11. The Labute approximate surface area is 99.0 Å². The Hall–Kier alpha value is -1.65. The van der Waals surface area contributed by atoms with Crippen LogP contribution in [0.15, 0.2) is 12.2 Å². The molecule has 0 N–H and O–H groups in total. The third-order valence-electron chi connectivity index (χ3n) is 3.93. The molecule has 1 aliphatic carbocycles. The lowest BCUT2D eigenvalue weighted by Gasteiger charge is -2.46. The van der Waals surface area contributed by atoms with Crippen LogP contribution in [-0.4, -0.2) is 39.7 Å². The van der Waals surface area contributed by atoms with E-state index < -0.39 is 6.04 Å². The molecule has 3 aliphatic rings. The van der Waals surface area contributed by atoms with E-state index in [2.05, 4.69) is 0 Å². The molecule has 5 heteroatoms. The van der Waals surface area contributed by atoms with Gasteiger partial charge in [0.25, 0.3) is 11.8 Å². The highest BCUT2D eigenvalue weighted by Gasteiger charge is 2.53. The summed E-state index contributed by atoms with van der Waals surface area (Å²) in [6.07, 6.45) is 8.19. The standard InChI is InChI=1S/C12H14N2O3/c15-8-9-3-6-12(4-1-2-5-12)14-11(17)7-10(16)13(9)14/h3,6,8-9H,1-2,4-5,7H2. The molecule has 3 rings (SSSR count). The largest absolute Gasteiger partial charge is 0.301 e. The van der Waals surface area contributed by atoms with Crippen LogP contribution < -0.4 is 0 Å². The number of hydrazine groups is 1. The third kappa shape index (κ3) is 1.28. The molecule has 0 bridgehead atoms. The Balaban J connectivity index is 2.07. The first-order chi connectivity index (χ1) is 8.18. The van der Waals surface area contributed by atoms with Crippen molar-refractivity contribution in [3.8, 4) is 0 Å². The predicted octanol–water partition coefficient (Wildman–Crippen LogP) is 0.412. The molecule has 2 amide bonds. The Morgan fingerprint density at radius 2 is 1.94 bits per heavy atom. The van der Waals surface area contributed by atoms with Crippen molar-refractivity contribution in [3.05, 3.63) is 12.2 Å². The van der Waals surface area contributed by atoms with Crippen molar-refractivity contribution >= 4 is 18.1 Å². The van der Waals surface area contributed by atoms with Crippen molar-refractivity contribution in [2.24, 2.45) is 0 Å². The Bertz CT molecular complexity index is 423. The van der Waals surface area contributed by atoms with Crippen molar-refractivity contribution in [2.75, 3.05) is 0 Å². The van der Waals surface area contributed by atoms with Gasteiger partial charge >= 0.3 is 0 Å². The zero-order valence-corrected chi connectivity index (χ0v) is 9.46. The molecule has 5 nitrogen and oxygen atoms in total. The highest BCUT2D eigenvalue weighted by Crippen LogP contribution is 2.42. The van der Waals surface area contributed by atoms with Crippen molar-refractivity contribution in [1.29, 1.82) is 0 Å². The van der Waals surface area contributed by atoms with Crippen molar-refractivity contribution in [3.63, 3.8) is 0 Å². The van der Waals surface area contributed by atoms with Crippen molar-refractivity contribution < 1.29 is 14.4 Å². The van der Waals surface area contributed by atoms with Gasteiger partial charge in [0.2, 0.25) is 0 Å². The molecule has 1 saturated carbocycles. The fourth-order valence-electron chi connectivity index (χ4n) is 3.18. The van der Waals surface area contributed by atoms with Crippen LogP contribution in [0.2, 0.25) is 0 Å². The van der Waals surface area contributed by atoms with E-state index in [0.29, 0.717) is 6.29 Å². The van der Waals surface area contributed by atoms with Crippen LogP contribution in [0.1, 0.15) is 32.1 Å². The molecule has 2 aliphatic heterocycles. The molecule has 90 valence electrons. The van der Waals surface area contributed by atoms with E-state index >= 15 is 0 Å². The molecule has 1 atom stereocenters. The van der Waals surface area contributed by atoms with E-state index in [9.17, 15) is 14.4 Å². The van der Waals surface area contributed by atoms with E-state index in [-0.39, 0.29) is 23.8 Å². The van der Waals surface area contributed by atoms with E-state index in [1.807, 2.05) is 6.08 Å². The second kappa shape index (κ2) is 3.42. The smallest absolute Gasteiger partial charge is 0.251 e. The average molecular weight is 234 g/mol. The lowest BCUT2D eigenvalue weighted by Crippen LogP contribution is -2.60. The zero-order chi connectivity index (χ0) is 12.0. The second-order valence-corrected chi connectivity index (χ2v) is 4.92. The first-order valence-corrected chi connectivity index (χ1v) is 5.98. The normalized spacial score (nSPS) is 30.2. The van der Waals surface area contributed by atoms with Gasteiger partial charge in [-0.15, -0.1) is 0 Å². The van der Waals surface area contributed by atoms with Crippen LogP contribution in [0.25, 0.3) is 0 Å². The van der Waals surface area contributed by atoms with Crippen LogP contribution >= 0.6 is 0 Å². The van der Waals surface area contributed by atoms with Crippen molar-refractivity contribution in [2.45, 2.75) is 43.7 Å². The van der Waals surface area contributed by atoms with E-state index in [4.69, 9.17) is 0 Å². The number of hydrogen-bond acceptors (Lipinski definition) is 3. The summed E-state index contributed by atoms with van der Waals surface area (Å²) in [4.78, 5) is 34.7. The van der Waals surface area contributed by atoms with Gasteiger partial charge in [-0.05, 0) is 12.8 Å². The highest BCUT2D eigenvalue weighted by molar-refractivity contribution is 6.04. The molecular weight excluding hydrogens is 220 g/mol. The maximum atomic E-state index is 12.0. The number of aldehydes is 1. The van der Waals surface area contributed by atoms with E-state index in [1.54, 1.807) is 11.1 Å². The van der Waals surface area contributed by atoms with Crippen LogP contribution in [-0.2, 0) is 14.4 Å². The van der Waals surface area contributed by atoms with Crippen LogP contribution in [0.5, 0.6) is 0 Å². The molecule has 0 aromatic carbocycles. The van der Waals surface area contributed by atoms with Gasteiger partial charge in [-0.3, -0.25) is 9.59 Å². The summed E-state index contributed by atoms with van der Waals surface area (Å²) in [5.41, 5.74) is -0.344. The lowest BCUT2D eigenvalue weighted by molar-refractivity contribution is -0.164. The number of hydrogen-bond donors (Lipinski definition) is 0. The lowest BCUT2D eigenvalue weighted by atomic mass is 9.93. The number of amides is 2. The molecule has 0 radical (unpaired) electrons. The molecular formula is C12H14N2O3. The molecule has 17 heavy (non-hydrogen) atoms. The maximum Gasteiger partial charge on any atom is 0.251 e. The summed E-state index contributed by atoms with van der Waals surface area (Å²) >= 11 is 0. The summed E-state index contributed by atoms with van der Waals surface area (Å²) in [5, 5.41) is 2.89. The minimum absolute atomic E-state index is 0.103. The summed E-state index contributed by atoms with van der Waals surface area (Å²) < 4.78 is 0. The summed E-state index contributed by atoms with van der Waals surface area (Å²) in [5.74, 6) is -0.434. The number of carbonyl (C=O) groups is 3. The van der Waals surface area contributed by atoms with Gasteiger partial charge in [0.05, 0.1) is 5.54 Å². The first kappa shape index (κ1) is 10.5. The van der Waals surface area contributed by atoms with Gasteiger partial charge < -0.3 is 4.79 Å². The van der Waals surface area contributed by atoms with Gasteiger partial charge in [0, 0.05) is 0 Å². The quantitative estimate of drug-likeness (QED) is 0.375. The number of carbonyl (C=O) groups excluding carboxylic acids is 3. The topological polar surface area (TPSA) is 57.7 Å².